The van der Waals surface area contributed by atoms with Crippen LogP contribution in [0.3, 0.4) is 0 Å². The molecule has 3 aromatic rings. The molecule has 0 heterocycles. The van der Waals surface area contributed by atoms with Crippen molar-refractivity contribution in [3.8, 4) is 0 Å². The molecule has 0 bridgehead atoms. The maximum absolute atomic E-state index is 12.5. The molecule has 0 atom stereocenters. The lowest BCUT2D eigenvalue weighted by molar-refractivity contribution is 0.102. The van der Waals surface area contributed by atoms with Gasteiger partial charge in [0.2, 0.25) is 10.0 Å². The second kappa shape index (κ2) is 6.66. The maximum Gasteiger partial charge on any atom is 0.255 e. The molecule has 0 aliphatic carbocycles. The van der Waals surface area contributed by atoms with Crippen LogP contribution in [0.2, 0.25) is 0 Å². The fourth-order valence-corrected chi connectivity index (χ4v) is 3.43. The molecule has 1 N–H and O–H groups in total. The van der Waals surface area contributed by atoms with Crippen molar-refractivity contribution in [2.75, 3.05) is 19.4 Å². The molecule has 0 aliphatic rings. The highest BCUT2D eigenvalue weighted by atomic mass is 32.2. The van der Waals surface area contributed by atoms with E-state index in [0.29, 0.717) is 11.3 Å². The van der Waals surface area contributed by atoms with E-state index >= 15 is 0 Å². The van der Waals surface area contributed by atoms with E-state index in [1.54, 1.807) is 18.2 Å². The van der Waals surface area contributed by atoms with Crippen LogP contribution in [0.1, 0.15) is 10.4 Å². The maximum atomic E-state index is 12.5. The molecule has 5 nitrogen and oxygen atoms in total. The Balaban J connectivity index is 1.87. The molecule has 0 saturated carbocycles. The van der Waals surface area contributed by atoms with Crippen LogP contribution in [0, 0.1) is 0 Å². The summed E-state index contributed by atoms with van der Waals surface area (Å²) in [6.45, 7) is 0. The van der Waals surface area contributed by atoms with Crippen LogP contribution in [0.5, 0.6) is 0 Å². The first kappa shape index (κ1) is 17.1. The molecule has 3 aromatic carbocycles. The highest BCUT2D eigenvalue weighted by molar-refractivity contribution is 7.89. The van der Waals surface area contributed by atoms with Crippen LogP contribution in [0.4, 0.5) is 5.69 Å². The fourth-order valence-electron chi connectivity index (χ4n) is 2.48. The SMILES string of the molecule is CN(C)S(=O)(=O)c1cccc(NC(=O)c2ccc3ccccc3c2)c1. The molecule has 0 unspecified atom stereocenters. The van der Waals surface area contributed by atoms with Gasteiger partial charge in [-0.3, -0.25) is 4.79 Å². The summed E-state index contributed by atoms with van der Waals surface area (Å²) < 4.78 is 25.5. The molecule has 1 amide bonds. The van der Waals surface area contributed by atoms with Crippen LogP contribution in [0.25, 0.3) is 10.8 Å². The number of fused-ring (bicyclic) bond motifs is 1. The minimum atomic E-state index is -3.55. The van der Waals surface area contributed by atoms with E-state index in [0.717, 1.165) is 15.1 Å². The van der Waals surface area contributed by atoms with Crippen molar-refractivity contribution in [3.05, 3.63) is 72.3 Å². The van der Waals surface area contributed by atoms with Crippen LogP contribution >= 0.6 is 0 Å². The topological polar surface area (TPSA) is 66.5 Å². The number of hydrogen-bond acceptors (Lipinski definition) is 3. The van der Waals surface area contributed by atoms with Gasteiger partial charge in [-0.2, -0.15) is 0 Å². The molecule has 3 rings (SSSR count). The lowest BCUT2D eigenvalue weighted by Gasteiger charge is -2.13. The largest absolute Gasteiger partial charge is 0.322 e. The lowest BCUT2D eigenvalue weighted by Crippen LogP contribution is -2.22. The Morgan fingerprint density at radius 3 is 2.32 bits per heavy atom. The summed E-state index contributed by atoms with van der Waals surface area (Å²) in [5, 5.41) is 4.78. The number of sulfonamides is 1. The van der Waals surface area contributed by atoms with E-state index in [4.69, 9.17) is 0 Å². The number of nitrogens with one attached hydrogen (secondary N) is 1. The third-order valence-electron chi connectivity index (χ3n) is 3.88. The molecule has 25 heavy (non-hydrogen) atoms. The fraction of sp³-hybridized carbons (Fsp3) is 0.105. The van der Waals surface area contributed by atoms with Gasteiger partial charge in [0.05, 0.1) is 4.90 Å². The molecule has 128 valence electrons. The summed E-state index contributed by atoms with van der Waals surface area (Å²) in [5.41, 5.74) is 0.945. The Morgan fingerprint density at radius 1 is 0.880 bits per heavy atom. The van der Waals surface area contributed by atoms with E-state index in [-0.39, 0.29) is 10.8 Å². The summed E-state index contributed by atoms with van der Waals surface area (Å²) in [6, 6.07) is 19.4. The standard InChI is InChI=1S/C19H18N2O3S/c1-21(2)25(23,24)18-9-5-8-17(13-18)20-19(22)16-11-10-14-6-3-4-7-15(14)12-16/h3-13H,1-2H3,(H,20,22). The number of hydrogen-bond donors (Lipinski definition) is 1. The Bertz CT molecular complexity index is 1040. The van der Waals surface area contributed by atoms with Crippen molar-refractivity contribution in [2.45, 2.75) is 4.90 Å². The van der Waals surface area contributed by atoms with E-state index < -0.39 is 10.0 Å². The first-order chi connectivity index (χ1) is 11.9. The Labute approximate surface area is 146 Å². The van der Waals surface area contributed by atoms with Gasteiger partial charge in [0.1, 0.15) is 0 Å². The molecule has 0 aromatic heterocycles. The Morgan fingerprint density at radius 2 is 1.60 bits per heavy atom. The molecule has 0 spiro atoms. The number of carbonyl (C=O) groups excluding carboxylic acids is 1. The van der Waals surface area contributed by atoms with E-state index in [1.165, 1.54) is 26.2 Å². The van der Waals surface area contributed by atoms with Crippen molar-refractivity contribution in [2.24, 2.45) is 0 Å². The highest BCUT2D eigenvalue weighted by Crippen LogP contribution is 2.20. The van der Waals surface area contributed by atoms with Crippen LogP contribution in [0.15, 0.2) is 71.6 Å². The normalized spacial score (nSPS) is 11.6. The summed E-state index contributed by atoms with van der Waals surface area (Å²) in [7, 11) is -0.611. The van der Waals surface area contributed by atoms with Gasteiger partial charge in [-0.05, 0) is 41.1 Å². The van der Waals surface area contributed by atoms with Crippen molar-refractivity contribution < 1.29 is 13.2 Å². The Kier molecular flexibility index (Phi) is 4.57. The molecular weight excluding hydrogens is 336 g/mol. The van der Waals surface area contributed by atoms with Crippen molar-refractivity contribution in [1.82, 2.24) is 4.31 Å². The average Bonchev–Trinajstić information content (AvgIpc) is 2.61. The summed E-state index contributed by atoms with van der Waals surface area (Å²) >= 11 is 0. The molecule has 6 heteroatoms. The van der Waals surface area contributed by atoms with Gasteiger partial charge < -0.3 is 5.32 Å². The van der Waals surface area contributed by atoms with Crippen molar-refractivity contribution >= 4 is 32.4 Å². The quantitative estimate of drug-likeness (QED) is 0.781. The Hall–Kier alpha value is -2.70. The molecule has 0 radical (unpaired) electrons. The predicted octanol–water partition coefficient (Wildman–Crippen LogP) is 3.34. The predicted molar refractivity (Wildman–Crippen MR) is 99.2 cm³/mol. The summed E-state index contributed by atoms with van der Waals surface area (Å²) in [4.78, 5) is 12.6. The zero-order valence-corrected chi connectivity index (χ0v) is 14.7. The smallest absolute Gasteiger partial charge is 0.255 e. The van der Waals surface area contributed by atoms with Gasteiger partial charge in [-0.15, -0.1) is 0 Å². The van der Waals surface area contributed by atoms with Crippen LogP contribution < -0.4 is 5.32 Å². The number of benzene rings is 3. The zero-order chi connectivity index (χ0) is 18.0. The number of amides is 1. The monoisotopic (exact) mass is 354 g/mol. The number of nitrogens with zero attached hydrogens (tertiary/aromatic N) is 1. The second-order valence-electron chi connectivity index (χ2n) is 5.83. The first-order valence-electron chi connectivity index (χ1n) is 7.71. The van der Waals surface area contributed by atoms with Gasteiger partial charge in [-0.1, -0.05) is 36.4 Å². The van der Waals surface area contributed by atoms with Crippen LogP contribution in [-0.2, 0) is 10.0 Å². The first-order valence-corrected chi connectivity index (χ1v) is 9.15. The highest BCUT2D eigenvalue weighted by Gasteiger charge is 2.17. The minimum absolute atomic E-state index is 0.133. The summed E-state index contributed by atoms with van der Waals surface area (Å²) in [5.74, 6) is -0.287. The number of carbonyl (C=O) groups is 1. The molecule has 0 aliphatic heterocycles. The lowest BCUT2D eigenvalue weighted by atomic mass is 10.1. The number of rotatable bonds is 4. The third kappa shape index (κ3) is 3.55. The van der Waals surface area contributed by atoms with Crippen molar-refractivity contribution in [3.63, 3.8) is 0 Å². The van der Waals surface area contributed by atoms with Gasteiger partial charge in [0.25, 0.3) is 5.91 Å². The summed E-state index contributed by atoms with van der Waals surface area (Å²) in [6.07, 6.45) is 0. The second-order valence-corrected chi connectivity index (χ2v) is 7.98. The van der Waals surface area contributed by atoms with Crippen molar-refractivity contribution in [1.29, 1.82) is 0 Å². The van der Waals surface area contributed by atoms with Crippen LogP contribution in [-0.4, -0.2) is 32.7 Å². The van der Waals surface area contributed by atoms with Gasteiger partial charge >= 0.3 is 0 Å². The van der Waals surface area contributed by atoms with Gasteiger partial charge in [-0.25, -0.2) is 12.7 Å². The van der Waals surface area contributed by atoms with E-state index in [2.05, 4.69) is 5.32 Å². The van der Waals surface area contributed by atoms with E-state index in [1.807, 2.05) is 36.4 Å². The third-order valence-corrected chi connectivity index (χ3v) is 5.69. The van der Waals surface area contributed by atoms with E-state index in [9.17, 15) is 13.2 Å². The molecule has 0 fully saturated rings. The average molecular weight is 354 g/mol. The minimum Gasteiger partial charge on any atom is -0.322 e. The zero-order valence-electron chi connectivity index (χ0n) is 13.9. The van der Waals surface area contributed by atoms with Gasteiger partial charge in [0.15, 0.2) is 0 Å². The number of anilines is 1. The molecule has 0 saturated heterocycles. The van der Waals surface area contributed by atoms with Gasteiger partial charge in [0, 0.05) is 25.3 Å². The molecular formula is C19H18N2O3S.